The fourth-order valence-corrected chi connectivity index (χ4v) is 1.47. The van der Waals surface area contributed by atoms with Gasteiger partial charge in [0.2, 0.25) is 0 Å². The second-order valence-electron chi connectivity index (χ2n) is 2.87. The fraction of sp³-hybridized carbons (Fsp3) is 0.250. The van der Waals surface area contributed by atoms with Gasteiger partial charge in [0.15, 0.2) is 5.69 Å². The lowest BCUT2D eigenvalue weighted by molar-refractivity contribution is 0.102. The molecule has 0 saturated carbocycles. The molecule has 2 aromatic heterocycles. The lowest BCUT2D eigenvalue weighted by Gasteiger charge is -1.95. The predicted molar refractivity (Wildman–Crippen MR) is 55.8 cm³/mol. The number of nitrogens with zero attached hydrogens (tertiary/aromatic N) is 3. The molecule has 0 atom stereocenters. The summed E-state index contributed by atoms with van der Waals surface area (Å²) in [5, 5.41) is 13.5. The van der Waals surface area contributed by atoms with Gasteiger partial charge >= 0.3 is 0 Å². The molecular weight excluding hydrogens is 214 g/mol. The van der Waals surface area contributed by atoms with E-state index in [0.717, 1.165) is 23.6 Å². The summed E-state index contributed by atoms with van der Waals surface area (Å²) in [6.07, 6.45) is 2.32. The van der Waals surface area contributed by atoms with Crippen molar-refractivity contribution in [1.82, 2.24) is 19.8 Å². The monoisotopic (exact) mass is 223 g/mol. The van der Waals surface area contributed by atoms with E-state index < -0.39 is 0 Å². The molecule has 0 radical (unpaired) electrons. The van der Waals surface area contributed by atoms with Gasteiger partial charge in [-0.1, -0.05) is 11.4 Å². The second kappa shape index (κ2) is 4.18. The van der Waals surface area contributed by atoms with E-state index in [9.17, 15) is 4.79 Å². The summed E-state index contributed by atoms with van der Waals surface area (Å²) in [6, 6.07) is 1.73. The third kappa shape index (κ3) is 2.18. The fourth-order valence-electron chi connectivity index (χ4n) is 1.06. The quantitative estimate of drug-likeness (QED) is 0.815. The van der Waals surface area contributed by atoms with Crippen molar-refractivity contribution >= 4 is 22.4 Å². The molecule has 0 bridgehead atoms. The number of hydrogen-bond donors (Lipinski definition) is 2. The van der Waals surface area contributed by atoms with Crippen molar-refractivity contribution in [2.75, 3.05) is 5.32 Å². The zero-order valence-electron chi connectivity index (χ0n) is 8.02. The minimum Gasteiger partial charge on any atom is -0.310 e. The first-order chi connectivity index (χ1) is 7.29. The van der Waals surface area contributed by atoms with Crippen LogP contribution in [0.2, 0.25) is 0 Å². The third-order valence-corrected chi connectivity index (χ3v) is 2.42. The Morgan fingerprint density at radius 3 is 3.13 bits per heavy atom. The third-order valence-electron chi connectivity index (χ3n) is 1.84. The van der Waals surface area contributed by atoms with Gasteiger partial charge in [-0.25, -0.2) is 0 Å². The van der Waals surface area contributed by atoms with E-state index in [2.05, 4.69) is 25.1 Å². The van der Waals surface area contributed by atoms with Crippen LogP contribution in [-0.4, -0.2) is 25.7 Å². The number of aromatic nitrogens is 4. The Kier molecular flexibility index (Phi) is 2.72. The summed E-state index contributed by atoms with van der Waals surface area (Å²) in [4.78, 5) is 11.6. The number of carbonyl (C=O) groups excluding carboxylic acids is 1. The number of rotatable bonds is 3. The van der Waals surface area contributed by atoms with Crippen LogP contribution in [0.25, 0.3) is 0 Å². The minimum atomic E-state index is -0.253. The van der Waals surface area contributed by atoms with Crippen LogP contribution in [0.3, 0.4) is 0 Å². The second-order valence-corrected chi connectivity index (χ2v) is 3.65. The van der Waals surface area contributed by atoms with Crippen LogP contribution in [-0.2, 0) is 6.42 Å². The van der Waals surface area contributed by atoms with Gasteiger partial charge in [-0.15, -0.1) is 5.10 Å². The van der Waals surface area contributed by atoms with E-state index in [-0.39, 0.29) is 5.91 Å². The molecule has 7 heteroatoms. The highest BCUT2D eigenvalue weighted by Crippen LogP contribution is 2.11. The summed E-state index contributed by atoms with van der Waals surface area (Å²) < 4.78 is 3.64. The molecular formula is C8H9N5OS. The first-order valence-electron chi connectivity index (χ1n) is 4.42. The topological polar surface area (TPSA) is 83.6 Å². The van der Waals surface area contributed by atoms with Gasteiger partial charge < -0.3 is 5.32 Å². The Morgan fingerprint density at radius 2 is 2.53 bits per heavy atom. The zero-order valence-corrected chi connectivity index (χ0v) is 8.84. The van der Waals surface area contributed by atoms with Crippen molar-refractivity contribution in [2.45, 2.75) is 13.3 Å². The van der Waals surface area contributed by atoms with Gasteiger partial charge in [0.1, 0.15) is 5.00 Å². The minimum absolute atomic E-state index is 0.253. The zero-order chi connectivity index (χ0) is 10.7. The highest BCUT2D eigenvalue weighted by atomic mass is 32.1. The molecule has 0 fully saturated rings. The number of hydrogen-bond acceptors (Lipinski definition) is 5. The summed E-state index contributed by atoms with van der Waals surface area (Å²) in [6.45, 7) is 1.99. The van der Waals surface area contributed by atoms with Gasteiger partial charge in [-0.05, 0) is 12.5 Å². The smallest absolute Gasteiger partial charge is 0.276 e. The van der Waals surface area contributed by atoms with Crippen molar-refractivity contribution in [3.05, 3.63) is 23.7 Å². The van der Waals surface area contributed by atoms with E-state index in [0.29, 0.717) is 10.7 Å². The van der Waals surface area contributed by atoms with Crippen LogP contribution in [0.1, 0.15) is 23.1 Å². The molecule has 78 valence electrons. The molecule has 6 nitrogen and oxygen atoms in total. The number of carbonyl (C=O) groups is 1. The van der Waals surface area contributed by atoms with E-state index in [1.165, 1.54) is 6.20 Å². The van der Waals surface area contributed by atoms with E-state index in [1.54, 1.807) is 6.07 Å². The summed E-state index contributed by atoms with van der Waals surface area (Å²) in [5.41, 5.74) is 1.31. The van der Waals surface area contributed by atoms with Crippen LogP contribution in [0.4, 0.5) is 5.00 Å². The standard InChI is InChI=1S/C8H9N5OS/c1-2-5-3-6(12-11-5)8(14)10-7-4-9-13-15-7/h3-4H,2H2,1H3,(H,10,14)(H,11,12). The van der Waals surface area contributed by atoms with Gasteiger partial charge in [-0.3, -0.25) is 9.89 Å². The normalized spacial score (nSPS) is 10.2. The van der Waals surface area contributed by atoms with Gasteiger partial charge in [-0.2, -0.15) is 5.10 Å². The number of H-pyrrole nitrogens is 1. The van der Waals surface area contributed by atoms with E-state index in [1.807, 2.05) is 6.92 Å². The van der Waals surface area contributed by atoms with Crippen molar-refractivity contribution in [2.24, 2.45) is 0 Å². The number of aromatic amines is 1. The highest BCUT2D eigenvalue weighted by Gasteiger charge is 2.10. The molecule has 2 rings (SSSR count). The van der Waals surface area contributed by atoms with Crippen molar-refractivity contribution in [1.29, 1.82) is 0 Å². The molecule has 0 unspecified atom stereocenters. The largest absolute Gasteiger partial charge is 0.310 e. The van der Waals surface area contributed by atoms with Crippen LogP contribution >= 0.6 is 11.5 Å². The van der Waals surface area contributed by atoms with Crippen molar-refractivity contribution in [3.8, 4) is 0 Å². The Labute approximate surface area is 89.9 Å². The first kappa shape index (κ1) is 9.78. The van der Waals surface area contributed by atoms with Crippen molar-refractivity contribution < 1.29 is 4.79 Å². The molecule has 0 aliphatic carbocycles. The van der Waals surface area contributed by atoms with Gasteiger partial charge in [0.25, 0.3) is 5.91 Å². The summed E-state index contributed by atoms with van der Waals surface area (Å²) >= 11 is 1.13. The Bertz CT molecular complexity index is 449. The predicted octanol–water partition coefficient (Wildman–Crippen LogP) is 1.08. The van der Waals surface area contributed by atoms with Crippen LogP contribution < -0.4 is 5.32 Å². The van der Waals surface area contributed by atoms with Crippen LogP contribution in [0.5, 0.6) is 0 Å². The Hall–Kier alpha value is -1.76. The maximum Gasteiger partial charge on any atom is 0.276 e. The molecule has 1 amide bonds. The Morgan fingerprint density at radius 1 is 1.67 bits per heavy atom. The average molecular weight is 223 g/mol. The van der Waals surface area contributed by atoms with Crippen LogP contribution in [0.15, 0.2) is 12.3 Å². The number of aryl methyl sites for hydroxylation is 1. The Balaban J connectivity index is 2.08. The number of nitrogens with one attached hydrogen (secondary N) is 2. The SMILES string of the molecule is CCc1cc(C(=O)Nc2cnns2)n[nH]1. The maximum atomic E-state index is 11.6. The molecule has 2 heterocycles. The average Bonchev–Trinajstić information content (AvgIpc) is 2.86. The molecule has 0 aliphatic rings. The molecule has 15 heavy (non-hydrogen) atoms. The van der Waals surface area contributed by atoms with Gasteiger partial charge in [0.05, 0.1) is 6.20 Å². The van der Waals surface area contributed by atoms with E-state index >= 15 is 0 Å². The molecule has 2 aromatic rings. The molecule has 2 N–H and O–H groups in total. The maximum absolute atomic E-state index is 11.6. The van der Waals surface area contributed by atoms with Gasteiger partial charge in [0, 0.05) is 17.2 Å². The first-order valence-corrected chi connectivity index (χ1v) is 5.20. The highest BCUT2D eigenvalue weighted by molar-refractivity contribution is 7.10. The number of anilines is 1. The lowest BCUT2D eigenvalue weighted by atomic mass is 10.3. The molecule has 0 saturated heterocycles. The summed E-state index contributed by atoms with van der Waals surface area (Å²) in [7, 11) is 0. The van der Waals surface area contributed by atoms with Crippen molar-refractivity contribution in [3.63, 3.8) is 0 Å². The van der Waals surface area contributed by atoms with Crippen LogP contribution in [0, 0.1) is 0 Å². The molecule has 0 aromatic carbocycles. The van der Waals surface area contributed by atoms with E-state index in [4.69, 9.17) is 0 Å². The lowest BCUT2D eigenvalue weighted by Crippen LogP contribution is -2.11. The summed E-state index contributed by atoms with van der Waals surface area (Å²) in [5.74, 6) is -0.253. The molecule has 0 spiro atoms. The number of amides is 1. The molecule has 0 aliphatic heterocycles.